The Morgan fingerprint density at radius 2 is 1.82 bits per heavy atom. The summed E-state index contributed by atoms with van der Waals surface area (Å²) in [4.78, 5) is 27.1. The predicted molar refractivity (Wildman–Crippen MR) is 128 cm³/mol. The van der Waals surface area contributed by atoms with E-state index >= 15 is 0 Å². The van der Waals surface area contributed by atoms with Gasteiger partial charge < -0.3 is 19.7 Å². The fourth-order valence-electron chi connectivity index (χ4n) is 3.84. The minimum absolute atomic E-state index is 0.125. The zero-order valence-corrected chi connectivity index (χ0v) is 19.9. The van der Waals surface area contributed by atoms with E-state index in [1.807, 2.05) is 6.92 Å². The van der Waals surface area contributed by atoms with Crippen molar-refractivity contribution in [1.29, 1.82) is 0 Å². The van der Waals surface area contributed by atoms with Gasteiger partial charge in [0.1, 0.15) is 5.75 Å². The second kappa shape index (κ2) is 9.57. The van der Waals surface area contributed by atoms with Gasteiger partial charge in [-0.2, -0.15) is 4.31 Å². The molecular formula is C24H27N3O6S. The molecule has 2 aromatic carbocycles. The van der Waals surface area contributed by atoms with Crippen molar-refractivity contribution in [2.24, 2.45) is 0 Å². The van der Waals surface area contributed by atoms with Crippen molar-refractivity contribution in [3.8, 4) is 5.75 Å². The van der Waals surface area contributed by atoms with E-state index in [2.05, 4.69) is 11.9 Å². The molecule has 0 bridgehead atoms. The molecule has 2 amide bonds. The van der Waals surface area contributed by atoms with Crippen molar-refractivity contribution in [3.63, 3.8) is 0 Å². The average Bonchev–Trinajstić information content (AvgIpc) is 2.83. The first kappa shape index (κ1) is 23.9. The molecule has 9 nitrogen and oxygen atoms in total. The number of sulfonamides is 1. The summed E-state index contributed by atoms with van der Waals surface area (Å²) in [5, 5.41) is 2.80. The standard InChI is InChI=1S/C24H27N3O6S/c1-16(2)15-27-21-14-19(6-9-22(21)33-17(3)24(27)29)25-23(28)18-4-7-20(8-5-18)34(30,31)26-10-12-32-13-11-26/h4-9,14,17H,1,10-13,15H2,2-3H3,(H,25,28). The number of nitrogens with zero attached hydrogens (tertiary/aromatic N) is 2. The minimum atomic E-state index is -3.64. The maximum atomic E-state index is 12.8. The van der Waals surface area contributed by atoms with Crippen LogP contribution >= 0.6 is 0 Å². The lowest BCUT2D eigenvalue weighted by atomic mass is 10.1. The first-order chi connectivity index (χ1) is 16.2. The molecule has 10 heteroatoms. The van der Waals surface area contributed by atoms with Gasteiger partial charge in [0.25, 0.3) is 11.8 Å². The third-order valence-corrected chi connectivity index (χ3v) is 7.49. The topological polar surface area (TPSA) is 105 Å². The molecular weight excluding hydrogens is 458 g/mol. The van der Waals surface area contributed by atoms with Crippen molar-refractivity contribution >= 4 is 33.2 Å². The lowest BCUT2D eigenvalue weighted by molar-refractivity contribution is -0.125. The van der Waals surface area contributed by atoms with Gasteiger partial charge in [-0.05, 0) is 56.3 Å². The molecule has 0 aliphatic carbocycles. The lowest BCUT2D eigenvalue weighted by Crippen LogP contribution is -2.45. The minimum Gasteiger partial charge on any atom is -0.479 e. The molecule has 1 N–H and O–H groups in total. The van der Waals surface area contributed by atoms with Crippen molar-refractivity contribution < 1.29 is 27.5 Å². The molecule has 2 aliphatic heterocycles. The average molecular weight is 486 g/mol. The van der Waals surface area contributed by atoms with Gasteiger partial charge in [-0.1, -0.05) is 12.2 Å². The molecule has 1 saturated heterocycles. The number of carbonyl (C=O) groups is 2. The normalized spacial score (nSPS) is 18.7. The summed E-state index contributed by atoms with van der Waals surface area (Å²) in [6.45, 7) is 9.08. The quantitative estimate of drug-likeness (QED) is 0.631. The van der Waals surface area contributed by atoms with Crippen LogP contribution in [0.4, 0.5) is 11.4 Å². The summed E-state index contributed by atoms with van der Waals surface area (Å²) in [5.41, 5.74) is 2.15. The highest BCUT2D eigenvalue weighted by molar-refractivity contribution is 7.89. The summed E-state index contributed by atoms with van der Waals surface area (Å²) >= 11 is 0. The Morgan fingerprint density at radius 1 is 1.15 bits per heavy atom. The summed E-state index contributed by atoms with van der Waals surface area (Å²) in [5.74, 6) is -0.0433. The third kappa shape index (κ3) is 4.84. The summed E-state index contributed by atoms with van der Waals surface area (Å²) in [6, 6.07) is 10.9. The second-order valence-corrected chi connectivity index (χ2v) is 10.3. The van der Waals surface area contributed by atoms with Gasteiger partial charge in [0.15, 0.2) is 6.10 Å². The van der Waals surface area contributed by atoms with Gasteiger partial charge in [0.2, 0.25) is 10.0 Å². The molecule has 180 valence electrons. The van der Waals surface area contributed by atoms with Crippen LogP contribution in [0.15, 0.2) is 59.5 Å². The number of rotatable bonds is 6. The number of fused-ring (bicyclic) bond motifs is 1. The number of hydrogen-bond acceptors (Lipinski definition) is 6. The van der Waals surface area contributed by atoms with Crippen LogP contribution in [0.2, 0.25) is 0 Å². The molecule has 4 rings (SSSR count). The summed E-state index contributed by atoms with van der Waals surface area (Å²) in [6.07, 6.45) is -0.612. The fraction of sp³-hybridized carbons (Fsp3) is 0.333. The highest BCUT2D eigenvalue weighted by Gasteiger charge is 2.32. The first-order valence-electron chi connectivity index (χ1n) is 10.9. The molecule has 2 aliphatic rings. The van der Waals surface area contributed by atoms with Crippen molar-refractivity contribution in [2.75, 3.05) is 43.1 Å². The Hall–Kier alpha value is -3.21. The second-order valence-electron chi connectivity index (χ2n) is 8.32. The smallest absolute Gasteiger partial charge is 0.268 e. The molecule has 1 unspecified atom stereocenters. The Labute approximate surface area is 199 Å². The van der Waals surface area contributed by atoms with Crippen LogP contribution in [0.5, 0.6) is 5.75 Å². The number of carbonyl (C=O) groups excluding carboxylic acids is 2. The first-order valence-corrected chi connectivity index (χ1v) is 12.4. The van der Waals surface area contributed by atoms with Gasteiger partial charge in [-0.3, -0.25) is 9.59 Å². The molecule has 0 saturated carbocycles. The highest BCUT2D eigenvalue weighted by Crippen LogP contribution is 2.36. The Kier molecular flexibility index (Phi) is 6.74. The zero-order chi connectivity index (χ0) is 24.5. The zero-order valence-electron chi connectivity index (χ0n) is 19.1. The van der Waals surface area contributed by atoms with E-state index in [0.717, 1.165) is 5.57 Å². The lowest BCUT2D eigenvalue weighted by Gasteiger charge is -2.33. The SMILES string of the molecule is C=C(C)CN1C(=O)C(C)Oc2ccc(NC(=O)c3ccc(S(=O)(=O)N4CCOCC4)cc3)cc21. The van der Waals surface area contributed by atoms with Gasteiger partial charge >= 0.3 is 0 Å². The van der Waals surface area contributed by atoms with E-state index in [0.29, 0.717) is 55.5 Å². The largest absolute Gasteiger partial charge is 0.479 e. The van der Waals surface area contributed by atoms with Crippen molar-refractivity contribution in [3.05, 3.63) is 60.2 Å². The molecule has 2 aromatic rings. The van der Waals surface area contributed by atoms with Crippen LogP contribution < -0.4 is 15.0 Å². The molecule has 0 spiro atoms. The van der Waals surface area contributed by atoms with E-state index in [-0.39, 0.29) is 10.8 Å². The van der Waals surface area contributed by atoms with E-state index in [1.165, 1.54) is 28.6 Å². The number of morpholine rings is 1. The van der Waals surface area contributed by atoms with Gasteiger partial charge in [-0.15, -0.1) is 0 Å². The van der Waals surface area contributed by atoms with Gasteiger partial charge in [0, 0.05) is 30.9 Å². The fourth-order valence-corrected chi connectivity index (χ4v) is 5.24. The van der Waals surface area contributed by atoms with Crippen molar-refractivity contribution in [1.82, 2.24) is 4.31 Å². The maximum absolute atomic E-state index is 12.8. The molecule has 34 heavy (non-hydrogen) atoms. The highest BCUT2D eigenvalue weighted by atomic mass is 32.2. The predicted octanol–water partition coefficient (Wildman–Crippen LogP) is 2.65. The monoisotopic (exact) mass is 485 g/mol. The number of hydrogen-bond donors (Lipinski definition) is 1. The van der Waals surface area contributed by atoms with E-state index in [4.69, 9.17) is 9.47 Å². The number of ether oxygens (including phenoxy) is 2. The van der Waals surface area contributed by atoms with Crippen LogP contribution in [0.1, 0.15) is 24.2 Å². The Balaban J connectivity index is 1.51. The van der Waals surface area contributed by atoms with E-state index < -0.39 is 22.0 Å². The van der Waals surface area contributed by atoms with E-state index in [1.54, 1.807) is 30.0 Å². The van der Waals surface area contributed by atoms with Gasteiger partial charge in [-0.25, -0.2) is 8.42 Å². The summed E-state index contributed by atoms with van der Waals surface area (Å²) < 4.78 is 37.8. The maximum Gasteiger partial charge on any atom is 0.268 e. The number of nitrogens with one attached hydrogen (secondary N) is 1. The molecule has 0 radical (unpaired) electrons. The van der Waals surface area contributed by atoms with Crippen LogP contribution in [0.25, 0.3) is 0 Å². The van der Waals surface area contributed by atoms with Crippen LogP contribution in [-0.2, 0) is 19.6 Å². The Morgan fingerprint density at radius 3 is 2.47 bits per heavy atom. The van der Waals surface area contributed by atoms with Crippen LogP contribution in [0, 0.1) is 0 Å². The third-order valence-electron chi connectivity index (χ3n) is 5.58. The number of amides is 2. The van der Waals surface area contributed by atoms with Crippen LogP contribution in [-0.4, -0.2) is 63.5 Å². The molecule has 1 atom stereocenters. The van der Waals surface area contributed by atoms with Gasteiger partial charge in [0.05, 0.1) is 23.8 Å². The van der Waals surface area contributed by atoms with Crippen LogP contribution in [0.3, 0.4) is 0 Å². The summed E-state index contributed by atoms with van der Waals surface area (Å²) in [7, 11) is -3.64. The van der Waals surface area contributed by atoms with Crippen molar-refractivity contribution in [2.45, 2.75) is 24.8 Å². The Bertz CT molecular complexity index is 1220. The number of anilines is 2. The molecule has 0 aromatic heterocycles. The van der Waals surface area contributed by atoms with E-state index in [9.17, 15) is 18.0 Å². The number of benzene rings is 2. The molecule has 1 fully saturated rings. The molecule has 2 heterocycles.